The first kappa shape index (κ1) is 17.4. The highest BCUT2D eigenvalue weighted by Gasteiger charge is 2.23. The maximum Gasteiger partial charge on any atom is 0.257 e. The summed E-state index contributed by atoms with van der Waals surface area (Å²) in [4.78, 5) is 19.1. The van der Waals surface area contributed by atoms with Crippen molar-refractivity contribution in [3.8, 4) is 0 Å². The molecular weight excluding hydrogens is 352 g/mol. The van der Waals surface area contributed by atoms with Crippen LogP contribution in [-0.2, 0) is 4.74 Å². The van der Waals surface area contributed by atoms with Gasteiger partial charge in [0.1, 0.15) is 11.6 Å². The summed E-state index contributed by atoms with van der Waals surface area (Å²) in [6.07, 6.45) is 1.47. The summed E-state index contributed by atoms with van der Waals surface area (Å²) in [6, 6.07) is 10.4. The number of nitrogens with one attached hydrogen (secondary N) is 1. The Bertz CT molecular complexity index is 1000. The van der Waals surface area contributed by atoms with E-state index >= 15 is 0 Å². The molecule has 1 fully saturated rings. The van der Waals surface area contributed by atoms with Crippen LogP contribution in [-0.4, -0.2) is 42.1 Å². The van der Waals surface area contributed by atoms with E-state index in [1.165, 1.54) is 6.20 Å². The number of aromatic nitrogens is 1. The van der Waals surface area contributed by atoms with Crippen molar-refractivity contribution in [2.45, 2.75) is 0 Å². The number of halogens is 2. The molecule has 7 heteroatoms. The molecule has 1 amide bonds. The molecule has 0 spiro atoms. The molecular formula is C20H17F2N3O2. The van der Waals surface area contributed by atoms with Gasteiger partial charge in [-0.1, -0.05) is 18.2 Å². The average molecular weight is 369 g/mol. The predicted octanol–water partition coefficient (Wildman–Crippen LogP) is 3.73. The van der Waals surface area contributed by atoms with Crippen LogP contribution in [0, 0.1) is 11.6 Å². The van der Waals surface area contributed by atoms with E-state index in [1.54, 1.807) is 23.1 Å². The van der Waals surface area contributed by atoms with E-state index < -0.39 is 11.6 Å². The molecule has 1 aromatic heterocycles. The first-order valence-corrected chi connectivity index (χ1v) is 8.60. The Morgan fingerprint density at radius 2 is 1.89 bits per heavy atom. The number of benzene rings is 2. The van der Waals surface area contributed by atoms with Gasteiger partial charge in [-0.2, -0.15) is 0 Å². The van der Waals surface area contributed by atoms with Crippen LogP contribution < -0.4 is 5.32 Å². The topological polar surface area (TPSA) is 54.5 Å². The highest BCUT2D eigenvalue weighted by molar-refractivity contribution is 6.08. The van der Waals surface area contributed by atoms with Crippen molar-refractivity contribution < 1.29 is 18.3 Å². The van der Waals surface area contributed by atoms with Gasteiger partial charge in [0.15, 0.2) is 0 Å². The van der Waals surface area contributed by atoms with E-state index in [0.717, 1.165) is 18.2 Å². The van der Waals surface area contributed by atoms with E-state index in [2.05, 4.69) is 10.3 Å². The molecule has 1 N–H and O–H groups in total. The summed E-state index contributed by atoms with van der Waals surface area (Å²) >= 11 is 0. The maximum atomic E-state index is 14.2. The number of carbonyl (C=O) groups excluding carboxylic acids is 1. The van der Waals surface area contributed by atoms with Gasteiger partial charge in [-0.3, -0.25) is 9.78 Å². The highest BCUT2D eigenvalue weighted by Crippen LogP contribution is 2.31. The van der Waals surface area contributed by atoms with Crippen LogP contribution in [0.2, 0.25) is 0 Å². The van der Waals surface area contributed by atoms with E-state index in [1.807, 2.05) is 6.07 Å². The molecule has 3 aromatic rings. The van der Waals surface area contributed by atoms with Gasteiger partial charge in [0.2, 0.25) is 0 Å². The molecule has 2 heterocycles. The molecule has 5 nitrogen and oxygen atoms in total. The minimum absolute atomic E-state index is 0.0395. The molecule has 1 aliphatic heterocycles. The number of rotatable bonds is 3. The first-order chi connectivity index (χ1) is 13.1. The lowest BCUT2D eigenvalue weighted by Gasteiger charge is -2.28. The number of fused-ring (bicyclic) bond motifs is 1. The van der Waals surface area contributed by atoms with E-state index in [-0.39, 0.29) is 11.6 Å². The fraction of sp³-hybridized carbons (Fsp3) is 0.200. The average Bonchev–Trinajstić information content (AvgIpc) is 2.71. The molecule has 27 heavy (non-hydrogen) atoms. The van der Waals surface area contributed by atoms with E-state index in [4.69, 9.17) is 4.74 Å². The Morgan fingerprint density at radius 1 is 1.11 bits per heavy atom. The molecule has 138 valence electrons. The zero-order valence-electron chi connectivity index (χ0n) is 14.4. The van der Waals surface area contributed by atoms with Crippen molar-refractivity contribution in [3.05, 3.63) is 65.9 Å². The van der Waals surface area contributed by atoms with Gasteiger partial charge in [-0.15, -0.1) is 0 Å². The number of hydrogen-bond acceptors (Lipinski definition) is 4. The molecule has 2 aromatic carbocycles. The van der Waals surface area contributed by atoms with Crippen LogP contribution in [0.25, 0.3) is 10.9 Å². The molecule has 1 saturated heterocycles. The van der Waals surface area contributed by atoms with Crippen LogP contribution in [0.15, 0.2) is 48.7 Å². The lowest BCUT2D eigenvalue weighted by atomic mass is 10.1. The summed E-state index contributed by atoms with van der Waals surface area (Å²) in [6.45, 7) is 1.88. The second-order valence-electron chi connectivity index (χ2n) is 6.22. The molecule has 0 aliphatic carbocycles. The monoisotopic (exact) mass is 369 g/mol. The van der Waals surface area contributed by atoms with Gasteiger partial charge in [-0.05, 0) is 18.2 Å². The minimum atomic E-state index is -0.609. The zero-order chi connectivity index (χ0) is 18.8. The minimum Gasteiger partial charge on any atom is -0.378 e. The van der Waals surface area contributed by atoms with Crippen molar-refractivity contribution in [3.63, 3.8) is 0 Å². The van der Waals surface area contributed by atoms with Crippen molar-refractivity contribution in [2.24, 2.45) is 0 Å². The number of morpholine rings is 1. The third-order valence-electron chi connectivity index (χ3n) is 4.49. The number of pyridine rings is 1. The quantitative estimate of drug-likeness (QED) is 0.764. The largest absolute Gasteiger partial charge is 0.378 e. The van der Waals surface area contributed by atoms with Crippen LogP contribution in [0.5, 0.6) is 0 Å². The molecule has 0 saturated carbocycles. The molecule has 1 aliphatic rings. The molecule has 0 bridgehead atoms. The summed E-state index contributed by atoms with van der Waals surface area (Å²) in [5, 5.41) is 3.56. The maximum absolute atomic E-state index is 14.2. The normalized spacial score (nSPS) is 14.4. The number of para-hydroxylation sites is 1. The second kappa shape index (κ2) is 7.28. The molecule has 0 radical (unpaired) electrons. The number of ether oxygens (including phenoxy) is 1. The Labute approximate surface area is 154 Å². The van der Waals surface area contributed by atoms with Crippen molar-refractivity contribution in [1.29, 1.82) is 0 Å². The Balaban J connectivity index is 1.82. The van der Waals surface area contributed by atoms with Crippen LogP contribution in [0.3, 0.4) is 0 Å². The number of hydrogen-bond donors (Lipinski definition) is 1. The van der Waals surface area contributed by atoms with Crippen LogP contribution in [0.1, 0.15) is 10.4 Å². The summed E-state index contributed by atoms with van der Waals surface area (Å²) < 4.78 is 33.1. The first-order valence-electron chi connectivity index (χ1n) is 8.60. The smallest absolute Gasteiger partial charge is 0.257 e. The highest BCUT2D eigenvalue weighted by atomic mass is 19.1. The van der Waals surface area contributed by atoms with Crippen LogP contribution in [0.4, 0.5) is 20.2 Å². The van der Waals surface area contributed by atoms with E-state index in [0.29, 0.717) is 48.5 Å². The van der Waals surface area contributed by atoms with Crippen molar-refractivity contribution in [1.82, 2.24) is 9.88 Å². The third-order valence-corrected chi connectivity index (χ3v) is 4.49. The molecule has 0 atom stereocenters. The lowest BCUT2D eigenvalue weighted by Crippen LogP contribution is -2.41. The van der Waals surface area contributed by atoms with Gasteiger partial charge in [0.25, 0.3) is 5.91 Å². The van der Waals surface area contributed by atoms with Crippen molar-refractivity contribution >= 4 is 28.2 Å². The number of nitrogens with zero attached hydrogens (tertiary/aromatic N) is 2. The van der Waals surface area contributed by atoms with Crippen LogP contribution >= 0.6 is 0 Å². The SMILES string of the molecule is O=C(c1cnc2ccccc2c1Nc1cc(F)ccc1F)N1CCOCC1. The predicted molar refractivity (Wildman–Crippen MR) is 98.1 cm³/mol. The molecule has 4 rings (SSSR count). The number of anilines is 2. The second-order valence-corrected chi connectivity index (χ2v) is 6.22. The fourth-order valence-electron chi connectivity index (χ4n) is 3.10. The van der Waals surface area contributed by atoms with Gasteiger partial charge >= 0.3 is 0 Å². The Hall–Kier alpha value is -3.06. The third kappa shape index (κ3) is 3.46. The van der Waals surface area contributed by atoms with Gasteiger partial charge in [0.05, 0.1) is 35.7 Å². The Morgan fingerprint density at radius 3 is 2.70 bits per heavy atom. The Kier molecular flexibility index (Phi) is 4.68. The van der Waals surface area contributed by atoms with Crippen molar-refractivity contribution in [2.75, 3.05) is 31.6 Å². The fourth-order valence-corrected chi connectivity index (χ4v) is 3.10. The number of amides is 1. The van der Waals surface area contributed by atoms with Gasteiger partial charge < -0.3 is 15.0 Å². The lowest BCUT2D eigenvalue weighted by molar-refractivity contribution is 0.0303. The summed E-state index contributed by atoms with van der Waals surface area (Å²) in [5.74, 6) is -1.41. The summed E-state index contributed by atoms with van der Waals surface area (Å²) in [5.41, 5.74) is 1.32. The number of carbonyl (C=O) groups is 1. The molecule has 0 unspecified atom stereocenters. The van der Waals surface area contributed by atoms with Gasteiger partial charge in [0, 0.05) is 30.7 Å². The standard InChI is InChI=1S/C20H17F2N3O2/c21-13-5-6-16(22)18(11-13)24-19-14-3-1-2-4-17(14)23-12-15(19)20(26)25-7-9-27-10-8-25/h1-6,11-12H,7-10H2,(H,23,24). The van der Waals surface area contributed by atoms with E-state index in [9.17, 15) is 13.6 Å². The summed E-state index contributed by atoms with van der Waals surface area (Å²) in [7, 11) is 0. The van der Waals surface area contributed by atoms with Gasteiger partial charge in [-0.25, -0.2) is 8.78 Å². The zero-order valence-corrected chi connectivity index (χ0v) is 14.4.